The monoisotopic (exact) mass is 508 g/mol. The quantitative estimate of drug-likeness (QED) is 0.565. The maximum Gasteiger partial charge on any atom is 0.354 e. The Bertz CT molecular complexity index is 1310. The zero-order valence-electron chi connectivity index (χ0n) is 21.5. The summed E-state index contributed by atoms with van der Waals surface area (Å²) in [4.78, 5) is 36.0. The summed E-state index contributed by atoms with van der Waals surface area (Å²) in [6, 6.07) is 7.53. The number of hydrogen-bond donors (Lipinski definition) is 1. The number of amides is 1. The van der Waals surface area contributed by atoms with Crippen LogP contribution in [0.15, 0.2) is 30.3 Å². The molecule has 0 atom stereocenters. The fraction of sp³-hybridized carbons (Fsp3) is 0.481. The maximum atomic E-state index is 13.6. The van der Waals surface area contributed by atoms with Crippen LogP contribution in [0.5, 0.6) is 0 Å². The van der Waals surface area contributed by atoms with Crippen LogP contribution >= 0.6 is 0 Å². The number of anilines is 1. The average molecular weight is 509 g/mol. The lowest BCUT2D eigenvalue weighted by Crippen LogP contribution is -2.50. The molecule has 2 aromatic heterocycles. The minimum absolute atomic E-state index is 0.0255. The molecule has 2 aliphatic rings. The van der Waals surface area contributed by atoms with Gasteiger partial charge < -0.3 is 19.8 Å². The molecule has 0 aliphatic carbocycles. The molecule has 3 aromatic rings. The third-order valence-corrected chi connectivity index (χ3v) is 7.48. The molecule has 0 spiro atoms. The fourth-order valence-corrected chi connectivity index (χ4v) is 5.30. The van der Waals surface area contributed by atoms with Crippen LogP contribution in [0.2, 0.25) is 0 Å². The van der Waals surface area contributed by atoms with E-state index in [0.717, 1.165) is 42.9 Å². The van der Waals surface area contributed by atoms with Gasteiger partial charge in [0.15, 0.2) is 11.3 Å². The number of likely N-dealkylation sites (N-methyl/N-ethyl adjacent to an activating group) is 1. The van der Waals surface area contributed by atoms with Gasteiger partial charge in [0.1, 0.15) is 5.82 Å². The Balaban J connectivity index is 1.49. The number of rotatable bonds is 5. The summed E-state index contributed by atoms with van der Waals surface area (Å²) in [5, 5.41) is 15.4. The van der Waals surface area contributed by atoms with E-state index in [4.69, 9.17) is 5.10 Å². The Hall–Kier alpha value is -3.53. The molecule has 4 heterocycles. The van der Waals surface area contributed by atoms with Crippen LogP contribution in [-0.4, -0.2) is 87.9 Å². The SMILES string of the molecule is CC(C)c1nn(-c2ccc(F)cc2)c2nc(C(=O)O)cc(N3CCC(C(=O)N4CCN(C)CC4)CC3)c12. The van der Waals surface area contributed by atoms with Crippen molar-refractivity contribution in [1.82, 2.24) is 24.6 Å². The molecule has 0 bridgehead atoms. The summed E-state index contributed by atoms with van der Waals surface area (Å²) in [6.45, 7) is 8.68. The molecule has 1 amide bonds. The third-order valence-electron chi connectivity index (χ3n) is 7.48. The van der Waals surface area contributed by atoms with Crippen LogP contribution in [0.1, 0.15) is 48.8 Å². The van der Waals surface area contributed by atoms with E-state index in [1.165, 1.54) is 12.1 Å². The Morgan fingerprint density at radius 1 is 1.03 bits per heavy atom. The first-order chi connectivity index (χ1) is 17.7. The number of carboxylic acids is 1. The highest BCUT2D eigenvalue weighted by Crippen LogP contribution is 2.36. The van der Waals surface area contributed by atoms with Crippen molar-refractivity contribution in [2.24, 2.45) is 5.92 Å². The Morgan fingerprint density at radius 3 is 2.27 bits per heavy atom. The molecule has 2 fully saturated rings. The Labute approximate surface area is 215 Å². The second-order valence-electron chi connectivity index (χ2n) is 10.3. The lowest BCUT2D eigenvalue weighted by Gasteiger charge is -2.38. The van der Waals surface area contributed by atoms with Gasteiger partial charge in [-0.15, -0.1) is 0 Å². The minimum atomic E-state index is -1.12. The Morgan fingerprint density at radius 2 is 1.68 bits per heavy atom. The number of carbonyl (C=O) groups excluding carboxylic acids is 1. The number of nitrogens with zero attached hydrogens (tertiary/aromatic N) is 6. The van der Waals surface area contributed by atoms with Gasteiger partial charge in [0.2, 0.25) is 5.91 Å². The summed E-state index contributed by atoms with van der Waals surface area (Å²) < 4.78 is 15.2. The first kappa shape index (κ1) is 25.1. The number of carbonyl (C=O) groups is 2. The van der Waals surface area contributed by atoms with E-state index in [2.05, 4.69) is 21.8 Å². The van der Waals surface area contributed by atoms with E-state index in [0.29, 0.717) is 37.3 Å². The van der Waals surface area contributed by atoms with Crippen molar-refractivity contribution < 1.29 is 19.1 Å². The van der Waals surface area contributed by atoms with Gasteiger partial charge in [-0.1, -0.05) is 13.8 Å². The van der Waals surface area contributed by atoms with Crippen LogP contribution in [0.4, 0.5) is 10.1 Å². The molecule has 0 radical (unpaired) electrons. The normalized spacial score (nSPS) is 17.6. The lowest BCUT2D eigenvalue weighted by atomic mass is 9.94. The molecular formula is C27H33FN6O3. The number of piperidine rings is 1. The highest BCUT2D eigenvalue weighted by atomic mass is 19.1. The molecular weight excluding hydrogens is 475 g/mol. The van der Waals surface area contributed by atoms with Crippen LogP contribution in [0.3, 0.4) is 0 Å². The van der Waals surface area contributed by atoms with Gasteiger partial charge in [0.25, 0.3) is 0 Å². The van der Waals surface area contributed by atoms with E-state index >= 15 is 0 Å². The molecule has 2 aliphatic heterocycles. The number of piperazine rings is 1. The van der Waals surface area contributed by atoms with Crippen LogP contribution in [0.25, 0.3) is 16.7 Å². The van der Waals surface area contributed by atoms with Gasteiger partial charge in [-0.25, -0.2) is 18.9 Å². The van der Waals surface area contributed by atoms with E-state index < -0.39 is 5.97 Å². The lowest BCUT2D eigenvalue weighted by molar-refractivity contribution is -0.137. The zero-order valence-corrected chi connectivity index (χ0v) is 21.5. The maximum absolute atomic E-state index is 13.6. The summed E-state index contributed by atoms with van der Waals surface area (Å²) in [5.41, 5.74) is 2.53. The van der Waals surface area contributed by atoms with Crippen molar-refractivity contribution in [3.63, 3.8) is 0 Å². The summed E-state index contributed by atoms with van der Waals surface area (Å²) in [5.74, 6) is -1.23. The van der Waals surface area contributed by atoms with E-state index in [1.54, 1.807) is 22.9 Å². The van der Waals surface area contributed by atoms with Crippen molar-refractivity contribution in [2.75, 3.05) is 51.2 Å². The van der Waals surface area contributed by atoms with E-state index in [-0.39, 0.29) is 29.3 Å². The topological polar surface area (TPSA) is 94.8 Å². The molecule has 2 saturated heterocycles. The van der Waals surface area contributed by atoms with Gasteiger partial charge >= 0.3 is 5.97 Å². The number of benzene rings is 1. The second-order valence-corrected chi connectivity index (χ2v) is 10.3. The van der Waals surface area contributed by atoms with Crippen molar-refractivity contribution in [1.29, 1.82) is 0 Å². The first-order valence-corrected chi connectivity index (χ1v) is 12.9. The van der Waals surface area contributed by atoms with Crippen LogP contribution in [0, 0.1) is 11.7 Å². The molecule has 0 saturated carbocycles. The Kier molecular flexibility index (Phi) is 6.85. The smallest absolute Gasteiger partial charge is 0.354 e. The number of aromatic carboxylic acids is 1. The van der Waals surface area contributed by atoms with Gasteiger partial charge in [-0.2, -0.15) is 5.10 Å². The third kappa shape index (κ3) is 4.90. The molecule has 196 valence electrons. The van der Waals surface area contributed by atoms with E-state index in [1.807, 2.05) is 18.7 Å². The predicted molar refractivity (Wildman–Crippen MR) is 139 cm³/mol. The molecule has 1 aromatic carbocycles. The molecule has 1 N–H and O–H groups in total. The molecule has 0 unspecified atom stereocenters. The number of carboxylic acid groups (broad SMARTS) is 1. The number of aromatic nitrogens is 3. The molecule has 37 heavy (non-hydrogen) atoms. The second kappa shape index (κ2) is 10.1. The van der Waals surface area contributed by atoms with Crippen molar-refractivity contribution >= 4 is 28.6 Å². The van der Waals surface area contributed by atoms with Crippen LogP contribution < -0.4 is 4.90 Å². The van der Waals surface area contributed by atoms with Gasteiger partial charge in [-0.3, -0.25) is 4.79 Å². The summed E-state index contributed by atoms with van der Waals surface area (Å²) in [7, 11) is 2.07. The largest absolute Gasteiger partial charge is 0.477 e. The van der Waals surface area contributed by atoms with Crippen molar-refractivity contribution in [2.45, 2.75) is 32.6 Å². The van der Waals surface area contributed by atoms with Gasteiger partial charge in [-0.05, 0) is 56.1 Å². The number of pyridine rings is 1. The predicted octanol–water partition coefficient (Wildman–Crippen LogP) is 3.37. The number of fused-ring (bicyclic) bond motifs is 1. The molecule has 5 rings (SSSR count). The van der Waals surface area contributed by atoms with Gasteiger partial charge in [0.05, 0.1) is 22.5 Å². The summed E-state index contributed by atoms with van der Waals surface area (Å²) in [6.07, 6.45) is 1.42. The number of halogens is 1. The fourth-order valence-electron chi connectivity index (χ4n) is 5.30. The molecule has 10 heteroatoms. The standard InChI is InChI=1S/C27H33FN6O3/c1-17(2)24-23-22(32-10-8-18(9-11-32)26(35)33-14-12-31(3)13-15-33)16-21(27(36)37)29-25(23)34(30-24)20-6-4-19(28)5-7-20/h4-7,16-18H,8-15H2,1-3H3,(H,36,37). The highest BCUT2D eigenvalue weighted by molar-refractivity contribution is 5.98. The van der Waals surface area contributed by atoms with Crippen molar-refractivity contribution in [3.8, 4) is 5.69 Å². The average Bonchev–Trinajstić information content (AvgIpc) is 3.29. The minimum Gasteiger partial charge on any atom is -0.477 e. The van der Waals surface area contributed by atoms with E-state index in [9.17, 15) is 19.1 Å². The summed E-state index contributed by atoms with van der Waals surface area (Å²) >= 11 is 0. The zero-order chi connectivity index (χ0) is 26.3. The van der Waals surface area contributed by atoms with Gasteiger partial charge in [0, 0.05) is 45.2 Å². The number of hydrogen-bond acceptors (Lipinski definition) is 6. The molecule has 9 nitrogen and oxygen atoms in total. The first-order valence-electron chi connectivity index (χ1n) is 12.9. The van der Waals surface area contributed by atoms with Crippen molar-refractivity contribution in [3.05, 3.63) is 47.5 Å². The highest BCUT2D eigenvalue weighted by Gasteiger charge is 2.32. The van der Waals surface area contributed by atoms with Crippen LogP contribution in [-0.2, 0) is 4.79 Å².